The number of rotatable bonds is 8. The lowest BCUT2D eigenvalue weighted by molar-refractivity contribution is 0.0954. The van der Waals surface area contributed by atoms with E-state index < -0.39 is 0 Å². The summed E-state index contributed by atoms with van der Waals surface area (Å²) in [6, 6.07) is 8.01. The molecular formula is C21H21N5O2S2. The Morgan fingerprint density at radius 3 is 2.93 bits per heavy atom. The van der Waals surface area contributed by atoms with Gasteiger partial charge >= 0.3 is 0 Å². The molecule has 0 aliphatic rings. The zero-order chi connectivity index (χ0) is 20.9. The first-order valence-electron chi connectivity index (χ1n) is 9.43. The molecule has 3 aromatic heterocycles. The van der Waals surface area contributed by atoms with Gasteiger partial charge in [-0.1, -0.05) is 12.1 Å². The van der Waals surface area contributed by atoms with Crippen LogP contribution in [0.2, 0.25) is 0 Å². The zero-order valence-electron chi connectivity index (χ0n) is 16.6. The Kier molecular flexibility index (Phi) is 6.20. The highest BCUT2D eigenvalue weighted by molar-refractivity contribution is 7.20. The van der Waals surface area contributed by atoms with Crippen LogP contribution < -0.4 is 15.4 Å². The number of carbonyl (C=O) groups is 1. The Bertz CT molecular complexity index is 1160. The van der Waals surface area contributed by atoms with E-state index in [9.17, 15) is 4.79 Å². The van der Waals surface area contributed by atoms with E-state index in [0.717, 1.165) is 38.8 Å². The van der Waals surface area contributed by atoms with Crippen molar-refractivity contribution in [3.8, 4) is 5.75 Å². The summed E-state index contributed by atoms with van der Waals surface area (Å²) in [4.78, 5) is 27.1. The molecule has 0 radical (unpaired) electrons. The van der Waals surface area contributed by atoms with Crippen molar-refractivity contribution in [3.05, 3.63) is 63.2 Å². The Hall–Kier alpha value is -3.04. The maximum atomic E-state index is 12.7. The van der Waals surface area contributed by atoms with Crippen LogP contribution in [0.4, 0.5) is 5.82 Å². The van der Waals surface area contributed by atoms with Crippen LogP contribution >= 0.6 is 22.7 Å². The van der Waals surface area contributed by atoms with Crippen molar-refractivity contribution < 1.29 is 9.53 Å². The number of fused-ring (bicyclic) bond motifs is 1. The second kappa shape index (κ2) is 9.19. The lowest BCUT2D eigenvalue weighted by Gasteiger charge is -2.08. The van der Waals surface area contributed by atoms with Crippen molar-refractivity contribution in [2.75, 3.05) is 19.0 Å². The quantitative estimate of drug-likeness (QED) is 0.431. The van der Waals surface area contributed by atoms with Gasteiger partial charge in [0, 0.05) is 18.1 Å². The molecule has 1 amide bonds. The minimum atomic E-state index is -0.118. The second-order valence-electron chi connectivity index (χ2n) is 6.60. The number of hydrogen-bond acceptors (Lipinski definition) is 8. The third kappa shape index (κ3) is 4.42. The van der Waals surface area contributed by atoms with Crippen LogP contribution in [-0.4, -0.2) is 34.5 Å². The third-order valence-corrected chi connectivity index (χ3v) is 6.64. The van der Waals surface area contributed by atoms with E-state index in [1.54, 1.807) is 13.3 Å². The zero-order valence-corrected chi connectivity index (χ0v) is 18.3. The van der Waals surface area contributed by atoms with E-state index in [1.165, 1.54) is 34.6 Å². The van der Waals surface area contributed by atoms with Gasteiger partial charge in [-0.25, -0.2) is 15.0 Å². The van der Waals surface area contributed by atoms with Crippen molar-refractivity contribution in [3.63, 3.8) is 0 Å². The predicted octanol–water partition coefficient (Wildman–Crippen LogP) is 4.05. The molecule has 0 fully saturated rings. The summed E-state index contributed by atoms with van der Waals surface area (Å²) < 4.78 is 5.28. The molecule has 9 heteroatoms. The number of carbonyl (C=O) groups excluding carboxylic acids is 1. The number of hydrogen-bond donors (Lipinski definition) is 2. The van der Waals surface area contributed by atoms with Gasteiger partial charge in [-0.2, -0.15) is 0 Å². The average Bonchev–Trinajstić information content (AvgIpc) is 3.41. The van der Waals surface area contributed by atoms with Gasteiger partial charge in [0.15, 0.2) is 0 Å². The lowest BCUT2D eigenvalue weighted by Crippen LogP contribution is -2.22. The van der Waals surface area contributed by atoms with E-state index in [2.05, 4.69) is 31.7 Å². The number of benzene rings is 1. The molecule has 4 rings (SSSR count). The molecular weight excluding hydrogens is 418 g/mol. The van der Waals surface area contributed by atoms with Crippen molar-refractivity contribution in [1.29, 1.82) is 0 Å². The number of thiazole rings is 1. The maximum absolute atomic E-state index is 12.7. The standard InChI is InChI=1S/C21H21N5O2S2/c1-13-17-19(23-7-6-14-4-3-5-15(10-14)28-2)25-12-26-21(17)30-18(13)20(27)24-11-16-22-8-9-29-16/h3-5,8-10,12H,6-7,11H2,1-2H3,(H,24,27)(H,23,25,26). The van der Waals surface area contributed by atoms with Gasteiger partial charge in [0.2, 0.25) is 0 Å². The third-order valence-electron chi connectivity index (χ3n) is 4.66. The highest BCUT2D eigenvalue weighted by atomic mass is 32.1. The molecule has 30 heavy (non-hydrogen) atoms. The van der Waals surface area contributed by atoms with Crippen LogP contribution in [0.15, 0.2) is 42.2 Å². The fraction of sp³-hybridized carbons (Fsp3) is 0.238. The molecule has 2 N–H and O–H groups in total. The highest BCUT2D eigenvalue weighted by Gasteiger charge is 2.19. The summed E-state index contributed by atoms with van der Waals surface area (Å²) in [5.74, 6) is 1.47. The van der Waals surface area contributed by atoms with Crippen molar-refractivity contribution in [2.24, 2.45) is 0 Å². The highest BCUT2D eigenvalue weighted by Crippen LogP contribution is 2.33. The maximum Gasteiger partial charge on any atom is 0.262 e. The van der Waals surface area contributed by atoms with Gasteiger partial charge in [0.1, 0.15) is 27.7 Å². The minimum Gasteiger partial charge on any atom is -0.497 e. The smallest absolute Gasteiger partial charge is 0.262 e. The molecule has 0 spiro atoms. The molecule has 0 unspecified atom stereocenters. The van der Waals surface area contributed by atoms with Gasteiger partial charge in [-0.15, -0.1) is 22.7 Å². The molecule has 1 aromatic carbocycles. The van der Waals surface area contributed by atoms with Crippen LogP contribution in [0.5, 0.6) is 5.75 Å². The Morgan fingerprint density at radius 2 is 2.13 bits per heavy atom. The van der Waals surface area contributed by atoms with Crippen molar-refractivity contribution in [1.82, 2.24) is 20.3 Å². The normalized spacial score (nSPS) is 10.9. The van der Waals surface area contributed by atoms with Gasteiger partial charge < -0.3 is 15.4 Å². The van der Waals surface area contributed by atoms with Crippen LogP contribution in [0.25, 0.3) is 10.2 Å². The Labute approximate surface area is 182 Å². The summed E-state index contributed by atoms with van der Waals surface area (Å²) >= 11 is 2.90. The number of anilines is 1. The van der Waals surface area contributed by atoms with Gasteiger partial charge in [0.05, 0.1) is 23.9 Å². The first-order valence-corrected chi connectivity index (χ1v) is 11.1. The van der Waals surface area contributed by atoms with E-state index in [-0.39, 0.29) is 5.91 Å². The first-order chi connectivity index (χ1) is 14.7. The van der Waals surface area contributed by atoms with Gasteiger partial charge in [-0.3, -0.25) is 4.79 Å². The van der Waals surface area contributed by atoms with Crippen LogP contribution in [-0.2, 0) is 13.0 Å². The van der Waals surface area contributed by atoms with E-state index >= 15 is 0 Å². The molecule has 0 bridgehead atoms. The SMILES string of the molecule is COc1cccc(CCNc2ncnc3sc(C(=O)NCc4nccs4)c(C)c23)c1. The number of ether oxygens (including phenoxy) is 1. The monoisotopic (exact) mass is 439 g/mol. The van der Waals surface area contributed by atoms with Crippen LogP contribution in [0.1, 0.15) is 25.8 Å². The summed E-state index contributed by atoms with van der Waals surface area (Å²) in [6.07, 6.45) is 4.09. The number of aromatic nitrogens is 3. The number of methoxy groups -OCH3 is 1. The average molecular weight is 440 g/mol. The van der Waals surface area contributed by atoms with E-state index in [4.69, 9.17) is 4.74 Å². The molecule has 0 aliphatic carbocycles. The van der Waals surface area contributed by atoms with Gasteiger partial charge in [-0.05, 0) is 36.6 Å². The molecule has 3 heterocycles. The molecule has 0 saturated heterocycles. The van der Waals surface area contributed by atoms with Crippen molar-refractivity contribution in [2.45, 2.75) is 19.9 Å². The topological polar surface area (TPSA) is 89.0 Å². The van der Waals surface area contributed by atoms with Crippen LogP contribution in [0, 0.1) is 6.92 Å². The van der Waals surface area contributed by atoms with E-state index in [0.29, 0.717) is 18.0 Å². The molecule has 4 aromatic rings. The predicted molar refractivity (Wildman–Crippen MR) is 121 cm³/mol. The first kappa shape index (κ1) is 20.2. The summed E-state index contributed by atoms with van der Waals surface area (Å²) in [5.41, 5.74) is 2.06. The molecule has 0 aliphatic heterocycles. The largest absolute Gasteiger partial charge is 0.497 e. The lowest BCUT2D eigenvalue weighted by atomic mass is 10.1. The molecule has 0 atom stereocenters. The summed E-state index contributed by atoms with van der Waals surface area (Å²) in [6.45, 7) is 3.06. The number of amides is 1. The molecule has 7 nitrogen and oxygen atoms in total. The number of nitrogens with zero attached hydrogens (tertiary/aromatic N) is 3. The fourth-order valence-corrected chi connectivity index (χ4v) is 4.77. The van der Waals surface area contributed by atoms with Crippen molar-refractivity contribution >= 4 is 44.6 Å². The fourth-order valence-electron chi connectivity index (χ4n) is 3.15. The van der Waals surface area contributed by atoms with Crippen LogP contribution in [0.3, 0.4) is 0 Å². The summed E-state index contributed by atoms with van der Waals surface area (Å²) in [7, 11) is 1.67. The van der Waals surface area contributed by atoms with Gasteiger partial charge in [0.25, 0.3) is 5.91 Å². The molecule has 0 saturated carbocycles. The second-order valence-corrected chi connectivity index (χ2v) is 8.57. The summed E-state index contributed by atoms with van der Waals surface area (Å²) in [5, 5.41) is 10.00. The molecule has 154 valence electrons. The number of nitrogens with one attached hydrogen (secondary N) is 2. The Morgan fingerprint density at radius 1 is 1.23 bits per heavy atom. The number of thiophene rings is 1. The minimum absolute atomic E-state index is 0.118. The number of aryl methyl sites for hydroxylation is 1. The van der Waals surface area contributed by atoms with E-state index in [1.807, 2.05) is 30.5 Å². The Balaban J connectivity index is 1.48.